The highest BCUT2D eigenvalue weighted by molar-refractivity contribution is 8.18. The Hall–Kier alpha value is -4.56. The molecule has 0 bridgehead atoms. The number of amides is 1. The summed E-state index contributed by atoms with van der Waals surface area (Å²) < 4.78 is 7.11. The number of benzene rings is 3. The molecule has 1 fully saturated rings. The van der Waals surface area contributed by atoms with Crippen LogP contribution in [0, 0.1) is 0 Å². The van der Waals surface area contributed by atoms with Crippen molar-refractivity contribution in [3.05, 3.63) is 119 Å². The molecule has 0 atom stereocenters. The number of carboxylic acids is 1. The van der Waals surface area contributed by atoms with E-state index >= 15 is 0 Å². The number of aromatic carboxylic acids is 1. The summed E-state index contributed by atoms with van der Waals surface area (Å²) >= 11 is 1.31. The first kappa shape index (κ1) is 24.1. The third-order valence-corrected chi connectivity index (χ3v) is 6.81. The fourth-order valence-electron chi connectivity index (χ4n) is 3.93. The Kier molecular flexibility index (Phi) is 6.91. The smallest absolute Gasteiger partial charge is 0.335 e. The molecule has 4 aromatic rings. The highest BCUT2D eigenvalue weighted by atomic mass is 32.2. The second kappa shape index (κ2) is 10.6. The molecule has 0 spiro atoms. The molecular formula is C29H23N3O4S. The van der Waals surface area contributed by atoms with Crippen LogP contribution < -0.4 is 4.74 Å². The van der Waals surface area contributed by atoms with Crippen molar-refractivity contribution in [2.24, 2.45) is 4.99 Å². The molecule has 1 aliphatic heterocycles. The molecule has 37 heavy (non-hydrogen) atoms. The van der Waals surface area contributed by atoms with Crippen molar-refractivity contribution < 1.29 is 19.4 Å². The summed E-state index contributed by atoms with van der Waals surface area (Å²) in [5, 5.41) is 9.96. The van der Waals surface area contributed by atoms with Gasteiger partial charge in [-0.2, -0.15) is 0 Å². The van der Waals surface area contributed by atoms with Gasteiger partial charge in [-0.3, -0.25) is 9.69 Å². The molecule has 0 saturated carbocycles. The second-order valence-corrected chi connectivity index (χ2v) is 9.25. The third-order valence-electron chi connectivity index (χ3n) is 5.80. The molecule has 0 unspecified atom stereocenters. The van der Waals surface area contributed by atoms with Crippen molar-refractivity contribution in [2.45, 2.75) is 6.54 Å². The molecule has 2 heterocycles. The van der Waals surface area contributed by atoms with E-state index < -0.39 is 5.97 Å². The predicted molar refractivity (Wildman–Crippen MR) is 145 cm³/mol. The molecule has 5 rings (SSSR count). The minimum Gasteiger partial charge on any atom is -0.497 e. The van der Waals surface area contributed by atoms with Crippen LogP contribution in [-0.2, 0) is 11.3 Å². The number of carbonyl (C=O) groups excluding carboxylic acids is 1. The van der Waals surface area contributed by atoms with Gasteiger partial charge in [-0.15, -0.1) is 0 Å². The maximum absolute atomic E-state index is 13.6. The molecule has 184 valence electrons. The Morgan fingerprint density at radius 1 is 1.00 bits per heavy atom. The number of hydrogen-bond acceptors (Lipinski definition) is 5. The van der Waals surface area contributed by atoms with Gasteiger partial charge < -0.3 is 14.4 Å². The maximum atomic E-state index is 13.6. The van der Waals surface area contributed by atoms with E-state index in [1.807, 2.05) is 89.6 Å². The Morgan fingerprint density at radius 2 is 1.78 bits per heavy atom. The molecular weight excluding hydrogens is 486 g/mol. The Labute approximate surface area is 218 Å². The van der Waals surface area contributed by atoms with E-state index in [9.17, 15) is 14.7 Å². The number of para-hydroxylation sites is 1. The van der Waals surface area contributed by atoms with Crippen molar-refractivity contribution in [3.63, 3.8) is 0 Å². The first-order valence-electron chi connectivity index (χ1n) is 11.5. The molecule has 3 aromatic carbocycles. The average molecular weight is 510 g/mol. The zero-order valence-electron chi connectivity index (χ0n) is 19.9. The van der Waals surface area contributed by atoms with E-state index in [0.29, 0.717) is 22.3 Å². The van der Waals surface area contributed by atoms with E-state index in [-0.39, 0.29) is 11.5 Å². The van der Waals surface area contributed by atoms with Crippen LogP contribution in [0.3, 0.4) is 0 Å². The number of methoxy groups -OCH3 is 1. The summed E-state index contributed by atoms with van der Waals surface area (Å²) in [6.07, 6.45) is 3.65. The van der Waals surface area contributed by atoms with Crippen LogP contribution in [0.1, 0.15) is 21.6 Å². The molecule has 1 N–H and O–H groups in total. The largest absolute Gasteiger partial charge is 0.497 e. The summed E-state index contributed by atoms with van der Waals surface area (Å²) in [7, 11) is 1.62. The minimum absolute atomic E-state index is 0.150. The van der Waals surface area contributed by atoms with Crippen LogP contribution in [0.4, 0.5) is 5.69 Å². The fraction of sp³-hybridized carbons (Fsp3) is 0.0690. The van der Waals surface area contributed by atoms with Crippen molar-refractivity contribution >= 4 is 40.6 Å². The first-order valence-corrected chi connectivity index (χ1v) is 12.3. The normalized spacial score (nSPS) is 15.5. The number of nitrogens with zero attached hydrogens (tertiary/aromatic N) is 3. The number of ether oxygens (including phenoxy) is 1. The quantitative estimate of drug-likeness (QED) is 0.310. The van der Waals surface area contributed by atoms with Gasteiger partial charge in [0.1, 0.15) is 5.75 Å². The zero-order valence-corrected chi connectivity index (χ0v) is 20.8. The number of rotatable bonds is 7. The number of carbonyl (C=O) groups is 2. The van der Waals surface area contributed by atoms with Crippen LogP contribution in [0.15, 0.2) is 107 Å². The Bertz CT molecular complexity index is 1510. The number of aliphatic imine (C=N–C) groups is 1. The summed E-state index contributed by atoms with van der Waals surface area (Å²) in [6.45, 7) is 0.362. The minimum atomic E-state index is -0.994. The summed E-state index contributed by atoms with van der Waals surface area (Å²) in [4.78, 5) is 32.0. The monoisotopic (exact) mass is 509 g/mol. The highest BCUT2D eigenvalue weighted by Gasteiger charge is 2.33. The first-order chi connectivity index (χ1) is 18.0. The van der Waals surface area contributed by atoms with E-state index in [1.165, 1.54) is 11.8 Å². The molecule has 8 heteroatoms. The van der Waals surface area contributed by atoms with E-state index in [0.717, 1.165) is 22.7 Å². The molecule has 1 saturated heterocycles. The Balaban J connectivity index is 1.50. The van der Waals surface area contributed by atoms with E-state index in [1.54, 1.807) is 30.2 Å². The van der Waals surface area contributed by atoms with Gasteiger partial charge in [-0.05, 0) is 78.0 Å². The lowest BCUT2D eigenvalue weighted by Crippen LogP contribution is -2.28. The average Bonchev–Trinajstić information content (AvgIpc) is 3.50. The number of hydrogen-bond donors (Lipinski definition) is 1. The molecule has 1 amide bonds. The van der Waals surface area contributed by atoms with E-state index in [4.69, 9.17) is 9.73 Å². The molecule has 7 nitrogen and oxygen atoms in total. The second-order valence-electron chi connectivity index (χ2n) is 8.24. The summed E-state index contributed by atoms with van der Waals surface area (Å²) in [6, 6.07) is 27.5. The third kappa shape index (κ3) is 5.34. The van der Waals surface area contributed by atoms with Gasteiger partial charge >= 0.3 is 5.97 Å². The number of amidine groups is 1. The van der Waals surface area contributed by atoms with E-state index in [2.05, 4.69) is 0 Å². The van der Waals surface area contributed by atoms with Gasteiger partial charge in [0.15, 0.2) is 5.17 Å². The fourth-order valence-corrected chi connectivity index (χ4v) is 4.91. The summed E-state index contributed by atoms with van der Waals surface area (Å²) in [5.74, 6) is -0.397. The van der Waals surface area contributed by atoms with Crippen LogP contribution in [0.2, 0.25) is 0 Å². The highest BCUT2D eigenvalue weighted by Crippen LogP contribution is 2.35. The summed E-state index contributed by atoms with van der Waals surface area (Å²) in [5.41, 5.74) is 3.35. The van der Waals surface area contributed by atoms with Gasteiger partial charge in [-0.25, -0.2) is 9.79 Å². The lowest BCUT2D eigenvalue weighted by Gasteiger charge is -2.16. The van der Waals surface area contributed by atoms with Crippen molar-refractivity contribution in [3.8, 4) is 11.4 Å². The predicted octanol–water partition coefficient (Wildman–Crippen LogP) is 5.99. The van der Waals surface area contributed by atoms with Gasteiger partial charge in [0.25, 0.3) is 5.91 Å². The van der Waals surface area contributed by atoms with Gasteiger partial charge in [-0.1, -0.05) is 36.4 Å². The van der Waals surface area contributed by atoms with Crippen molar-refractivity contribution in [1.82, 2.24) is 9.47 Å². The lowest BCUT2D eigenvalue weighted by molar-refractivity contribution is -0.122. The standard InChI is InChI=1S/C29H23N3O4S/c1-36-25-14-12-20(13-15-25)19-32-27(33)26(37-29(32)30-22-8-3-2-4-9-22)18-24-11-6-16-31(24)23-10-5-7-21(17-23)28(34)35/h2-18H,19H2,1H3,(H,34,35)/b26-18-,30-29?. The van der Waals surface area contributed by atoms with Gasteiger partial charge in [0, 0.05) is 17.6 Å². The van der Waals surface area contributed by atoms with Crippen LogP contribution in [-0.4, -0.2) is 38.7 Å². The topological polar surface area (TPSA) is 84.1 Å². The van der Waals surface area contributed by atoms with Crippen LogP contribution >= 0.6 is 11.8 Å². The molecule has 0 radical (unpaired) electrons. The SMILES string of the molecule is COc1ccc(CN2C(=O)/C(=C/c3cccn3-c3cccc(C(=O)O)c3)SC2=Nc2ccccc2)cc1. The van der Waals surface area contributed by atoms with Gasteiger partial charge in [0.05, 0.1) is 29.8 Å². The molecule has 1 aromatic heterocycles. The number of aromatic nitrogens is 1. The molecule has 0 aliphatic carbocycles. The molecule has 1 aliphatic rings. The number of carboxylic acid groups (broad SMARTS) is 1. The zero-order chi connectivity index (χ0) is 25.8. The van der Waals surface area contributed by atoms with Crippen molar-refractivity contribution in [1.29, 1.82) is 0 Å². The lowest BCUT2D eigenvalue weighted by atomic mass is 10.2. The van der Waals surface area contributed by atoms with Crippen molar-refractivity contribution in [2.75, 3.05) is 7.11 Å². The number of thioether (sulfide) groups is 1. The van der Waals surface area contributed by atoms with Crippen LogP contribution in [0.25, 0.3) is 11.8 Å². The maximum Gasteiger partial charge on any atom is 0.335 e. The Morgan fingerprint density at radius 3 is 2.51 bits per heavy atom. The van der Waals surface area contributed by atoms with Gasteiger partial charge in [0.2, 0.25) is 0 Å². The van der Waals surface area contributed by atoms with Crippen LogP contribution in [0.5, 0.6) is 5.75 Å².